The molecule has 122 valence electrons. The van der Waals surface area contributed by atoms with Gasteiger partial charge in [0.05, 0.1) is 17.6 Å². The molecule has 6 heteroatoms. The number of benzene rings is 1. The van der Waals surface area contributed by atoms with Gasteiger partial charge in [-0.15, -0.1) is 11.8 Å². The Bertz CT molecular complexity index is 800. The lowest BCUT2D eigenvalue weighted by Gasteiger charge is -2.07. The van der Waals surface area contributed by atoms with Gasteiger partial charge in [-0.25, -0.2) is 9.97 Å². The molecule has 24 heavy (non-hydrogen) atoms. The Hall–Kier alpha value is -2.60. The molecule has 5 nitrogen and oxygen atoms in total. The van der Waals surface area contributed by atoms with Crippen LogP contribution in [0.3, 0.4) is 0 Å². The van der Waals surface area contributed by atoms with Crippen LogP contribution in [0, 0.1) is 6.92 Å². The number of imidazole rings is 1. The van der Waals surface area contributed by atoms with Gasteiger partial charge in [0.15, 0.2) is 0 Å². The summed E-state index contributed by atoms with van der Waals surface area (Å²) in [5, 5.41) is 2.86. The zero-order valence-corrected chi connectivity index (χ0v) is 14.2. The van der Waals surface area contributed by atoms with Gasteiger partial charge in [-0.2, -0.15) is 0 Å². The second-order valence-electron chi connectivity index (χ2n) is 5.41. The molecule has 0 atom stereocenters. The highest BCUT2D eigenvalue weighted by Crippen LogP contribution is 2.15. The number of aromatic nitrogens is 3. The largest absolute Gasteiger partial charge is 0.324 e. The minimum atomic E-state index is -0.0233. The van der Waals surface area contributed by atoms with E-state index in [4.69, 9.17) is 0 Å². The molecule has 0 aliphatic heterocycles. The third kappa shape index (κ3) is 4.45. The van der Waals surface area contributed by atoms with Crippen LogP contribution in [0.5, 0.6) is 0 Å². The quantitative estimate of drug-likeness (QED) is 0.748. The van der Waals surface area contributed by atoms with Gasteiger partial charge in [-0.3, -0.25) is 9.36 Å². The van der Waals surface area contributed by atoms with Gasteiger partial charge < -0.3 is 5.32 Å². The van der Waals surface area contributed by atoms with E-state index >= 15 is 0 Å². The van der Waals surface area contributed by atoms with Crippen molar-refractivity contribution >= 4 is 23.4 Å². The lowest BCUT2D eigenvalue weighted by Crippen LogP contribution is -2.14. The Morgan fingerprint density at radius 1 is 1.29 bits per heavy atom. The van der Waals surface area contributed by atoms with E-state index < -0.39 is 0 Å². The summed E-state index contributed by atoms with van der Waals surface area (Å²) < 4.78 is 1.81. The van der Waals surface area contributed by atoms with Crippen molar-refractivity contribution in [2.45, 2.75) is 12.7 Å². The molecule has 0 saturated carbocycles. The molecule has 0 bridgehead atoms. The summed E-state index contributed by atoms with van der Waals surface area (Å²) in [6, 6.07) is 12.0. The van der Waals surface area contributed by atoms with Crippen molar-refractivity contribution < 1.29 is 4.79 Å². The number of amides is 1. The maximum Gasteiger partial charge on any atom is 0.234 e. The molecule has 1 aromatic carbocycles. The van der Waals surface area contributed by atoms with Crippen molar-refractivity contribution in [3.63, 3.8) is 0 Å². The normalized spacial score (nSPS) is 10.5. The van der Waals surface area contributed by atoms with Gasteiger partial charge >= 0.3 is 0 Å². The first kappa shape index (κ1) is 16.3. The number of rotatable bonds is 6. The minimum Gasteiger partial charge on any atom is -0.324 e. The molecule has 0 aliphatic carbocycles. The summed E-state index contributed by atoms with van der Waals surface area (Å²) in [4.78, 5) is 20.3. The number of thioether (sulfide) groups is 1. The van der Waals surface area contributed by atoms with E-state index in [1.807, 2.05) is 29.0 Å². The first-order chi connectivity index (χ1) is 11.7. The van der Waals surface area contributed by atoms with Crippen LogP contribution in [-0.2, 0) is 10.5 Å². The molecule has 0 saturated heterocycles. The molecular formula is C18H18N4OS. The lowest BCUT2D eigenvalue weighted by molar-refractivity contribution is -0.113. The number of hydrogen-bond acceptors (Lipinski definition) is 4. The number of hydrogen-bond donors (Lipinski definition) is 1. The molecule has 0 spiro atoms. The van der Waals surface area contributed by atoms with E-state index in [1.54, 1.807) is 30.5 Å². The van der Waals surface area contributed by atoms with Crippen LogP contribution in [0.4, 0.5) is 5.69 Å². The van der Waals surface area contributed by atoms with E-state index in [0.29, 0.717) is 11.4 Å². The summed E-state index contributed by atoms with van der Waals surface area (Å²) in [5.74, 6) is 1.98. The number of nitrogens with one attached hydrogen (secondary N) is 1. The molecule has 0 aliphatic rings. The van der Waals surface area contributed by atoms with Crippen molar-refractivity contribution in [3.8, 4) is 5.82 Å². The Morgan fingerprint density at radius 2 is 2.21 bits per heavy atom. The van der Waals surface area contributed by atoms with E-state index in [9.17, 15) is 4.79 Å². The number of nitrogens with zero attached hydrogens (tertiary/aromatic N) is 3. The van der Waals surface area contributed by atoms with E-state index in [-0.39, 0.29) is 5.91 Å². The van der Waals surface area contributed by atoms with Crippen LogP contribution in [0.25, 0.3) is 5.82 Å². The highest BCUT2D eigenvalue weighted by Gasteiger charge is 2.04. The van der Waals surface area contributed by atoms with Crippen molar-refractivity contribution in [3.05, 3.63) is 72.4 Å². The number of aryl methyl sites for hydroxylation is 1. The minimum absolute atomic E-state index is 0.0233. The molecule has 0 unspecified atom stereocenters. The Kier molecular flexibility index (Phi) is 5.28. The van der Waals surface area contributed by atoms with E-state index in [2.05, 4.69) is 40.4 Å². The summed E-state index contributed by atoms with van der Waals surface area (Å²) in [6.45, 7) is 2.07. The maximum atomic E-state index is 12.0. The zero-order valence-electron chi connectivity index (χ0n) is 13.3. The molecule has 2 aromatic heterocycles. The number of anilines is 1. The third-order valence-corrected chi connectivity index (χ3v) is 4.39. The van der Waals surface area contributed by atoms with Crippen molar-refractivity contribution in [2.75, 3.05) is 11.1 Å². The molecule has 0 fully saturated rings. The third-order valence-electron chi connectivity index (χ3n) is 3.38. The molecule has 1 amide bonds. The molecule has 2 heterocycles. The Balaban J connectivity index is 1.48. The molecule has 3 aromatic rings. The summed E-state index contributed by atoms with van der Waals surface area (Å²) in [6.07, 6.45) is 6.85. The van der Waals surface area contributed by atoms with E-state index in [1.165, 1.54) is 11.1 Å². The van der Waals surface area contributed by atoms with Crippen LogP contribution < -0.4 is 5.32 Å². The molecule has 3 rings (SSSR count). The SMILES string of the molecule is Cc1cccc(CSCC(=O)Nc2ccc(-n3ccnc3)nc2)c1. The highest BCUT2D eigenvalue weighted by atomic mass is 32.2. The second kappa shape index (κ2) is 7.79. The van der Waals surface area contributed by atoms with Crippen LogP contribution in [0.1, 0.15) is 11.1 Å². The topological polar surface area (TPSA) is 59.8 Å². The smallest absolute Gasteiger partial charge is 0.234 e. The van der Waals surface area contributed by atoms with Crippen molar-refractivity contribution in [2.24, 2.45) is 0 Å². The average Bonchev–Trinajstić information content (AvgIpc) is 3.10. The van der Waals surface area contributed by atoms with Crippen molar-refractivity contribution in [1.29, 1.82) is 0 Å². The number of pyridine rings is 1. The maximum absolute atomic E-state index is 12.0. The Morgan fingerprint density at radius 3 is 2.92 bits per heavy atom. The predicted molar refractivity (Wildman–Crippen MR) is 97.3 cm³/mol. The molecular weight excluding hydrogens is 320 g/mol. The van der Waals surface area contributed by atoms with Gasteiger partial charge in [0.25, 0.3) is 0 Å². The molecule has 0 radical (unpaired) electrons. The standard InChI is InChI=1S/C18H18N4OS/c1-14-3-2-4-15(9-14)11-24-12-18(23)21-16-5-6-17(20-10-16)22-8-7-19-13-22/h2-10,13H,11-12H2,1H3,(H,21,23). The lowest BCUT2D eigenvalue weighted by atomic mass is 10.2. The highest BCUT2D eigenvalue weighted by molar-refractivity contribution is 7.99. The first-order valence-corrected chi connectivity index (χ1v) is 8.74. The van der Waals surface area contributed by atoms with Gasteiger partial charge in [-0.05, 0) is 24.6 Å². The number of carbonyl (C=O) groups excluding carboxylic acids is 1. The van der Waals surface area contributed by atoms with Crippen molar-refractivity contribution in [1.82, 2.24) is 14.5 Å². The van der Waals surface area contributed by atoms with Crippen LogP contribution >= 0.6 is 11.8 Å². The second-order valence-corrected chi connectivity index (χ2v) is 6.39. The summed E-state index contributed by atoms with van der Waals surface area (Å²) >= 11 is 1.60. The zero-order chi connectivity index (χ0) is 16.8. The monoisotopic (exact) mass is 338 g/mol. The summed E-state index contributed by atoms with van der Waals surface area (Å²) in [5.41, 5.74) is 3.17. The first-order valence-electron chi connectivity index (χ1n) is 7.58. The van der Waals surface area contributed by atoms with Crippen LogP contribution in [0.2, 0.25) is 0 Å². The molecule has 1 N–H and O–H groups in total. The van der Waals surface area contributed by atoms with Crippen LogP contribution in [0.15, 0.2) is 61.3 Å². The van der Waals surface area contributed by atoms with E-state index in [0.717, 1.165) is 11.6 Å². The average molecular weight is 338 g/mol. The fourth-order valence-electron chi connectivity index (χ4n) is 2.27. The predicted octanol–water partition coefficient (Wildman–Crippen LogP) is 3.45. The van der Waals surface area contributed by atoms with Gasteiger partial charge in [0, 0.05) is 18.1 Å². The number of carbonyl (C=O) groups is 1. The van der Waals surface area contributed by atoms with Gasteiger partial charge in [-0.1, -0.05) is 29.8 Å². The fourth-order valence-corrected chi connectivity index (χ4v) is 3.04. The van der Waals surface area contributed by atoms with Gasteiger partial charge in [0.1, 0.15) is 12.1 Å². The van der Waals surface area contributed by atoms with Gasteiger partial charge in [0.2, 0.25) is 5.91 Å². The van der Waals surface area contributed by atoms with Crippen LogP contribution in [-0.4, -0.2) is 26.2 Å². The summed E-state index contributed by atoms with van der Waals surface area (Å²) in [7, 11) is 0. The fraction of sp³-hybridized carbons (Fsp3) is 0.167. The Labute approximate surface area is 145 Å².